The minimum Gasteiger partial charge on any atom is -0.486 e. The Kier molecular flexibility index (Phi) is 8.86. The summed E-state index contributed by atoms with van der Waals surface area (Å²) in [5.74, 6) is 1.82. The molecule has 2 aromatic carbocycles. The molecule has 38 heavy (non-hydrogen) atoms. The SMILES string of the molecule is Cc1ccc(C)n1-c1ccc(OCc2ccc(C(=O)N/N=C/c3cc(I)c(OC(C)(C)C)c(I)c3)o2)cc1. The van der Waals surface area contributed by atoms with E-state index in [-0.39, 0.29) is 18.0 Å². The van der Waals surface area contributed by atoms with Crippen molar-refractivity contribution in [3.05, 3.63) is 96.3 Å². The van der Waals surface area contributed by atoms with Gasteiger partial charge < -0.3 is 18.5 Å². The number of rotatable bonds is 8. The van der Waals surface area contributed by atoms with Crippen LogP contribution < -0.4 is 14.9 Å². The maximum atomic E-state index is 12.5. The third-order valence-electron chi connectivity index (χ3n) is 5.44. The number of amides is 1. The molecule has 0 spiro atoms. The van der Waals surface area contributed by atoms with Crippen molar-refractivity contribution in [3.8, 4) is 17.2 Å². The van der Waals surface area contributed by atoms with Crippen molar-refractivity contribution in [2.75, 3.05) is 0 Å². The summed E-state index contributed by atoms with van der Waals surface area (Å²) in [7, 11) is 0. The predicted molar refractivity (Wildman–Crippen MR) is 166 cm³/mol. The van der Waals surface area contributed by atoms with Crippen LogP contribution in [0.2, 0.25) is 0 Å². The van der Waals surface area contributed by atoms with Gasteiger partial charge in [-0.25, -0.2) is 5.43 Å². The number of hydrazone groups is 1. The average molecular weight is 737 g/mol. The van der Waals surface area contributed by atoms with E-state index in [4.69, 9.17) is 13.9 Å². The van der Waals surface area contributed by atoms with Gasteiger partial charge >= 0.3 is 5.91 Å². The summed E-state index contributed by atoms with van der Waals surface area (Å²) in [6.45, 7) is 10.4. The Labute approximate surface area is 249 Å². The quantitative estimate of drug-likeness (QED) is 0.116. The molecule has 0 radical (unpaired) electrons. The van der Waals surface area contributed by atoms with E-state index in [0.29, 0.717) is 11.5 Å². The molecule has 0 saturated heterocycles. The van der Waals surface area contributed by atoms with Crippen molar-refractivity contribution in [1.82, 2.24) is 9.99 Å². The predicted octanol–water partition coefficient (Wildman–Crippen LogP) is 7.42. The highest BCUT2D eigenvalue weighted by Crippen LogP contribution is 2.31. The van der Waals surface area contributed by atoms with Gasteiger partial charge in [-0.3, -0.25) is 4.79 Å². The molecule has 9 heteroatoms. The number of carbonyl (C=O) groups excluding carboxylic acids is 1. The lowest BCUT2D eigenvalue weighted by atomic mass is 10.2. The van der Waals surface area contributed by atoms with Crippen LogP contribution in [0.5, 0.6) is 11.5 Å². The fraction of sp³-hybridized carbons (Fsp3) is 0.241. The number of ether oxygens (including phenoxy) is 2. The van der Waals surface area contributed by atoms with Gasteiger partial charge in [-0.1, -0.05) is 0 Å². The number of aromatic nitrogens is 1. The number of nitrogens with zero attached hydrogens (tertiary/aromatic N) is 2. The van der Waals surface area contributed by atoms with Crippen molar-refractivity contribution < 1.29 is 18.7 Å². The Morgan fingerprint density at radius 1 is 1.00 bits per heavy atom. The number of hydrogen-bond acceptors (Lipinski definition) is 5. The van der Waals surface area contributed by atoms with Crippen LogP contribution in [0.25, 0.3) is 5.69 Å². The monoisotopic (exact) mass is 737 g/mol. The number of aryl methyl sites for hydroxylation is 2. The minimum atomic E-state index is -0.439. The van der Waals surface area contributed by atoms with E-state index >= 15 is 0 Å². The van der Waals surface area contributed by atoms with Gasteiger partial charge in [-0.15, -0.1) is 0 Å². The molecule has 0 aliphatic carbocycles. The molecule has 0 aliphatic rings. The second kappa shape index (κ2) is 11.9. The van der Waals surface area contributed by atoms with E-state index in [1.165, 1.54) is 11.4 Å². The number of benzene rings is 2. The Hall–Kier alpha value is -2.80. The summed E-state index contributed by atoms with van der Waals surface area (Å²) in [5, 5.41) is 4.08. The smallest absolute Gasteiger partial charge is 0.307 e. The van der Waals surface area contributed by atoms with E-state index in [1.54, 1.807) is 18.3 Å². The Morgan fingerprint density at radius 3 is 2.24 bits per heavy atom. The molecule has 0 unspecified atom stereocenters. The molecule has 4 rings (SSSR count). The van der Waals surface area contributed by atoms with Gasteiger partial charge in [0.2, 0.25) is 0 Å². The van der Waals surface area contributed by atoms with Crippen molar-refractivity contribution in [2.24, 2.45) is 5.10 Å². The van der Waals surface area contributed by atoms with Gasteiger partial charge in [-0.05, 0) is 146 Å². The van der Waals surface area contributed by atoms with Crippen molar-refractivity contribution in [1.29, 1.82) is 0 Å². The minimum absolute atomic E-state index is 0.160. The Bertz CT molecular complexity index is 1420. The first-order valence-electron chi connectivity index (χ1n) is 12.0. The number of halogens is 2. The van der Waals surface area contributed by atoms with E-state index < -0.39 is 5.91 Å². The number of hydrogen-bond donors (Lipinski definition) is 1. The maximum absolute atomic E-state index is 12.5. The molecule has 0 aliphatic heterocycles. The molecule has 0 saturated carbocycles. The van der Waals surface area contributed by atoms with Gasteiger partial charge in [0.05, 0.1) is 13.4 Å². The van der Waals surface area contributed by atoms with Gasteiger partial charge in [0.1, 0.15) is 29.5 Å². The Balaban J connectivity index is 1.31. The van der Waals surface area contributed by atoms with E-state index in [1.807, 2.05) is 57.2 Å². The highest BCUT2D eigenvalue weighted by atomic mass is 127. The lowest BCUT2D eigenvalue weighted by Crippen LogP contribution is -2.24. The fourth-order valence-electron chi connectivity index (χ4n) is 3.78. The normalized spacial score (nSPS) is 11.7. The summed E-state index contributed by atoms with van der Waals surface area (Å²) < 4.78 is 21.7. The zero-order chi connectivity index (χ0) is 27.4. The maximum Gasteiger partial charge on any atom is 0.307 e. The molecule has 2 heterocycles. The van der Waals surface area contributed by atoms with Crippen LogP contribution in [0.3, 0.4) is 0 Å². The lowest BCUT2D eigenvalue weighted by molar-refractivity contribution is 0.0923. The van der Waals surface area contributed by atoms with Gasteiger partial charge in [0.15, 0.2) is 5.76 Å². The highest BCUT2D eigenvalue weighted by molar-refractivity contribution is 14.1. The van der Waals surface area contributed by atoms with Crippen LogP contribution in [0.4, 0.5) is 0 Å². The zero-order valence-electron chi connectivity index (χ0n) is 21.8. The summed E-state index contributed by atoms with van der Waals surface area (Å²) in [5.41, 5.74) is 6.50. The summed E-state index contributed by atoms with van der Waals surface area (Å²) in [6.07, 6.45) is 1.59. The van der Waals surface area contributed by atoms with Crippen molar-refractivity contribution in [3.63, 3.8) is 0 Å². The van der Waals surface area contributed by atoms with E-state index in [9.17, 15) is 4.79 Å². The molecule has 0 bridgehead atoms. The third-order valence-corrected chi connectivity index (χ3v) is 7.04. The summed E-state index contributed by atoms with van der Waals surface area (Å²) in [4.78, 5) is 12.5. The van der Waals surface area contributed by atoms with Crippen LogP contribution in [0, 0.1) is 21.0 Å². The summed E-state index contributed by atoms with van der Waals surface area (Å²) in [6, 6.07) is 19.3. The molecule has 1 amide bonds. The second-order valence-corrected chi connectivity index (χ2v) is 12.1. The van der Waals surface area contributed by atoms with Gasteiger partial charge in [0, 0.05) is 17.1 Å². The fourth-order valence-corrected chi connectivity index (χ4v) is 5.81. The zero-order valence-corrected chi connectivity index (χ0v) is 26.2. The van der Waals surface area contributed by atoms with Crippen molar-refractivity contribution >= 4 is 57.3 Å². The molecule has 198 valence electrons. The van der Waals surface area contributed by atoms with Crippen molar-refractivity contribution in [2.45, 2.75) is 46.8 Å². The van der Waals surface area contributed by atoms with Crippen LogP contribution in [0.1, 0.15) is 54.0 Å². The Morgan fingerprint density at radius 2 is 1.63 bits per heavy atom. The molecule has 0 fully saturated rings. The lowest BCUT2D eigenvalue weighted by Gasteiger charge is -2.23. The summed E-state index contributed by atoms with van der Waals surface area (Å²) >= 11 is 4.48. The standard InChI is InChI=1S/C29H29I2N3O4/c1-18-6-7-19(2)34(18)21-8-10-22(11-9-21)36-17-23-12-13-26(37-23)28(35)33-32-16-20-14-24(30)27(25(31)15-20)38-29(3,4)5/h6-16H,17H2,1-5H3,(H,33,35)/b32-16+. The van der Waals surface area contributed by atoms with Gasteiger partial charge in [-0.2, -0.15) is 5.10 Å². The van der Waals surface area contributed by atoms with Crippen LogP contribution >= 0.6 is 45.2 Å². The molecule has 0 atom stereocenters. The first kappa shape index (κ1) is 28.2. The van der Waals surface area contributed by atoms with Crippen LogP contribution in [-0.2, 0) is 6.61 Å². The van der Waals surface area contributed by atoms with Gasteiger partial charge in [0.25, 0.3) is 0 Å². The molecular weight excluding hydrogens is 708 g/mol. The first-order chi connectivity index (χ1) is 18.0. The number of furan rings is 1. The second-order valence-electron chi connectivity index (χ2n) is 9.73. The number of nitrogens with one attached hydrogen (secondary N) is 1. The van der Waals surface area contributed by atoms with Crippen LogP contribution in [-0.4, -0.2) is 22.3 Å². The largest absolute Gasteiger partial charge is 0.486 e. The average Bonchev–Trinajstić information content (AvgIpc) is 3.46. The molecule has 4 aromatic rings. The third kappa shape index (κ3) is 7.19. The molecule has 1 N–H and O–H groups in total. The van der Waals surface area contributed by atoms with E-state index in [0.717, 1.165) is 24.1 Å². The topological polar surface area (TPSA) is 78.0 Å². The number of carbonyl (C=O) groups is 1. The van der Waals surface area contributed by atoms with E-state index in [2.05, 4.69) is 86.3 Å². The van der Waals surface area contributed by atoms with Crippen LogP contribution in [0.15, 0.2) is 70.2 Å². The first-order valence-corrected chi connectivity index (χ1v) is 14.1. The highest BCUT2D eigenvalue weighted by Gasteiger charge is 2.17. The molecule has 2 aromatic heterocycles. The molecule has 7 nitrogen and oxygen atoms in total. The molecular formula is C29H29I2N3O4.